The average molecular weight is 248 g/mol. The number of aryl methyl sites for hydroxylation is 2. The highest BCUT2D eigenvalue weighted by Crippen LogP contribution is 2.27. The van der Waals surface area contributed by atoms with Gasteiger partial charge in [-0.1, -0.05) is 18.2 Å². The van der Waals surface area contributed by atoms with Gasteiger partial charge in [-0.05, 0) is 32.0 Å². The fourth-order valence-corrected chi connectivity index (χ4v) is 2.56. The van der Waals surface area contributed by atoms with Crippen molar-refractivity contribution in [2.75, 3.05) is 31.6 Å². The third kappa shape index (κ3) is 2.13. The number of anilines is 1. The van der Waals surface area contributed by atoms with Crippen LogP contribution in [0.5, 0.6) is 0 Å². The Hall–Kier alpha value is -1.39. The summed E-state index contributed by atoms with van der Waals surface area (Å²) in [4.78, 5) is 16.1. The molecule has 1 fully saturated rings. The molecule has 18 heavy (non-hydrogen) atoms. The van der Waals surface area contributed by atoms with Crippen molar-refractivity contribution in [3.63, 3.8) is 0 Å². The number of nitrogens with zero attached hydrogens (tertiary/aromatic N) is 2. The number of carbonyl (C=O) groups is 1. The van der Waals surface area contributed by atoms with Crippen LogP contribution in [0.2, 0.25) is 0 Å². The van der Waals surface area contributed by atoms with Gasteiger partial charge in [0, 0.05) is 18.8 Å². The van der Waals surface area contributed by atoms with Crippen LogP contribution in [0, 0.1) is 13.8 Å². The quantitative estimate of drug-likeness (QED) is 0.847. The number of carbonyl (C=O) groups excluding carboxylic acids is 1. The standard InChI is InChI=1S/C14H20N2O2/c1-10-5-4-6-11(2)13(10)16-8-7-15(3)12(9-17)14(16)18/h4-6,12,17H,7-9H2,1-3H3. The van der Waals surface area contributed by atoms with Crippen LogP contribution < -0.4 is 4.90 Å². The van der Waals surface area contributed by atoms with E-state index in [9.17, 15) is 9.90 Å². The second-order valence-corrected chi connectivity index (χ2v) is 4.91. The van der Waals surface area contributed by atoms with Crippen LogP contribution >= 0.6 is 0 Å². The van der Waals surface area contributed by atoms with Crippen molar-refractivity contribution in [2.45, 2.75) is 19.9 Å². The summed E-state index contributed by atoms with van der Waals surface area (Å²) in [6, 6.07) is 5.61. The Balaban J connectivity index is 2.37. The molecule has 4 heteroatoms. The Morgan fingerprint density at radius 3 is 2.44 bits per heavy atom. The Bertz CT molecular complexity index is 439. The smallest absolute Gasteiger partial charge is 0.246 e. The van der Waals surface area contributed by atoms with Crippen molar-refractivity contribution in [3.8, 4) is 0 Å². The predicted octanol–water partition coefficient (Wildman–Crippen LogP) is 0.943. The molecule has 4 nitrogen and oxygen atoms in total. The van der Waals surface area contributed by atoms with Gasteiger partial charge >= 0.3 is 0 Å². The Kier molecular flexibility index (Phi) is 3.68. The number of rotatable bonds is 2. The van der Waals surface area contributed by atoms with E-state index in [-0.39, 0.29) is 12.5 Å². The molecule has 0 saturated carbocycles. The number of benzene rings is 1. The summed E-state index contributed by atoms with van der Waals surface area (Å²) in [6.07, 6.45) is 0. The molecule has 1 aliphatic rings. The van der Waals surface area contributed by atoms with E-state index >= 15 is 0 Å². The number of aliphatic hydroxyl groups excluding tert-OH is 1. The molecule has 1 amide bonds. The van der Waals surface area contributed by atoms with Gasteiger partial charge in [-0.15, -0.1) is 0 Å². The van der Waals surface area contributed by atoms with Gasteiger partial charge in [0.25, 0.3) is 0 Å². The molecule has 1 N–H and O–H groups in total. The van der Waals surface area contributed by atoms with Gasteiger partial charge in [0.05, 0.1) is 6.61 Å². The van der Waals surface area contributed by atoms with E-state index in [1.807, 2.05) is 48.9 Å². The topological polar surface area (TPSA) is 43.8 Å². The Morgan fingerprint density at radius 1 is 1.28 bits per heavy atom. The van der Waals surface area contributed by atoms with Crippen molar-refractivity contribution in [1.29, 1.82) is 0 Å². The minimum absolute atomic E-state index is 0.0105. The lowest BCUT2D eigenvalue weighted by atomic mass is 10.0. The molecule has 0 aromatic heterocycles. The number of likely N-dealkylation sites (N-methyl/N-ethyl adjacent to an activating group) is 1. The maximum absolute atomic E-state index is 12.4. The van der Waals surface area contributed by atoms with Crippen molar-refractivity contribution in [3.05, 3.63) is 29.3 Å². The normalized spacial score (nSPS) is 21.4. The predicted molar refractivity (Wildman–Crippen MR) is 71.8 cm³/mol. The molecule has 1 aliphatic heterocycles. The van der Waals surface area contributed by atoms with Gasteiger partial charge < -0.3 is 10.0 Å². The van der Waals surface area contributed by atoms with E-state index < -0.39 is 6.04 Å². The van der Waals surface area contributed by atoms with E-state index in [1.54, 1.807) is 0 Å². The second kappa shape index (κ2) is 5.08. The Morgan fingerprint density at radius 2 is 1.89 bits per heavy atom. The first-order valence-electron chi connectivity index (χ1n) is 6.25. The number of hydrogen-bond donors (Lipinski definition) is 1. The van der Waals surface area contributed by atoms with E-state index in [4.69, 9.17) is 0 Å². The largest absolute Gasteiger partial charge is 0.394 e. The molecule has 1 saturated heterocycles. The molecule has 1 unspecified atom stereocenters. The maximum Gasteiger partial charge on any atom is 0.246 e. The molecular formula is C14H20N2O2. The first-order valence-corrected chi connectivity index (χ1v) is 6.25. The van der Waals surface area contributed by atoms with Gasteiger partial charge in [-0.25, -0.2) is 0 Å². The van der Waals surface area contributed by atoms with Crippen molar-refractivity contribution >= 4 is 11.6 Å². The van der Waals surface area contributed by atoms with Crippen LogP contribution in [0.15, 0.2) is 18.2 Å². The number of piperazine rings is 1. The lowest BCUT2D eigenvalue weighted by molar-refractivity contribution is -0.126. The van der Waals surface area contributed by atoms with Crippen molar-refractivity contribution in [2.24, 2.45) is 0 Å². The molecule has 0 aliphatic carbocycles. The van der Waals surface area contributed by atoms with E-state index in [0.717, 1.165) is 23.4 Å². The number of para-hydroxylation sites is 1. The van der Waals surface area contributed by atoms with Gasteiger partial charge in [0.15, 0.2) is 0 Å². The third-order valence-corrected chi connectivity index (χ3v) is 3.64. The van der Waals surface area contributed by atoms with E-state index in [1.165, 1.54) is 0 Å². The van der Waals surface area contributed by atoms with Crippen LogP contribution in [-0.2, 0) is 4.79 Å². The first kappa shape index (κ1) is 13.1. The summed E-state index contributed by atoms with van der Waals surface area (Å²) >= 11 is 0. The zero-order chi connectivity index (χ0) is 13.3. The highest BCUT2D eigenvalue weighted by atomic mass is 16.3. The van der Waals surface area contributed by atoms with Crippen LogP contribution in [0.1, 0.15) is 11.1 Å². The molecule has 0 spiro atoms. The number of hydrogen-bond acceptors (Lipinski definition) is 3. The average Bonchev–Trinajstić information content (AvgIpc) is 2.32. The van der Waals surface area contributed by atoms with Gasteiger partial charge in [0.2, 0.25) is 5.91 Å². The molecule has 0 radical (unpaired) electrons. The van der Waals surface area contributed by atoms with Crippen LogP contribution in [0.3, 0.4) is 0 Å². The van der Waals surface area contributed by atoms with Crippen molar-refractivity contribution < 1.29 is 9.90 Å². The van der Waals surface area contributed by atoms with E-state index in [2.05, 4.69) is 0 Å². The summed E-state index contributed by atoms with van der Waals surface area (Å²) in [6.45, 7) is 5.36. The fraction of sp³-hybridized carbons (Fsp3) is 0.500. The minimum Gasteiger partial charge on any atom is -0.394 e. The van der Waals surface area contributed by atoms with Crippen LogP contribution in [-0.4, -0.2) is 48.7 Å². The van der Waals surface area contributed by atoms with Crippen molar-refractivity contribution in [1.82, 2.24) is 4.90 Å². The highest BCUT2D eigenvalue weighted by molar-refractivity contribution is 5.99. The summed E-state index contributed by atoms with van der Waals surface area (Å²) in [7, 11) is 1.88. The zero-order valence-electron chi connectivity index (χ0n) is 11.2. The Labute approximate surface area is 108 Å². The van der Waals surface area contributed by atoms with Gasteiger partial charge in [-0.2, -0.15) is 0 Å². The lowest BCUT2D eigenvalue weighted by Gasteiger charge is -2.39. The summed E-state index contributed by atoms with van der Waals surface area (Å²) in [5, 5.41) is 9.35. The lowest BCUT2D eigenvalue weighted by Crippen LogP contribution is -2.57. The molecule has 1 heterocycles. The monoisotopic (exact) mass is 248 g/mol. The van der Waals surface area contributed by atoms with E-state index in [0.29, 0.717) is 6.54 Å². The second-order valence-electron chi connectivity index (χ2n) is 4.91. The summed E-state index contributed by atoms with van der Waals surface area (Å²) < 4.78 is 0. The summed E-state index contributed by atoms with van der Waals surface area (Å²) in [5.41, 5.74) is 3.20. The zero-order valence-corrected chi connectivity index (χ0v) is 11.2. The SMILES string of the molecule is Cc1cccc(C)c1N1CCN(C)C(CO)C1=O. The molecule has 1 aromatic carbocycles. The minimum atomic E-state index is -0.419. The number of amides is 1. The number of aliphatic hydroxyl groups is 1. The van der Waals surface area contributed by atoms with Gasteiger partial charge in [0.1, 0.15) is 6.04 Å². The van der Waals surface area contributed by atoms with Crippen LogP contribution in [0.4, 0.5) is 5.69 Å². The fourth-order valence-electron chi connectivity index (χ4n) is 2.56. The van der Waals surface area contributed by atoms with Gasteiger partial charge in [-0.3, -0.25) is 9.69 Å². The molecule has 1 aromatic rings. The molecule has 98 valence electrons. The molecule has 0 bridgehead atoms. The molecule has 2 rings (SSSR count). The third-order valence-electron chi connectivity index (χ3n) is 3.64. The summed E-state index contributed by atoms with van der Waals surface area (Å²) in [5.74, 6) is -0.0105. The molecular weight excluding hydrogens is 228 g/mol. The van der Waals surface area contributed by atoms with Crippen LogP contribution in [0.25, 0.3) is 0 Å². The maximum atomic E-state index is 12.4. The first-order chi connectivity index (χ1) is 8.56. The highest BCUT2D eigenvalue weighted by Gasteiger charge is 2.33. The molecule has 1 atom stereocenters.